The number of aromatic nitrogens is 1. The molecule has 9 heteroatoms. The van der Waals surface area contributed by atoms with Crippen molar-refractivity contribution in [3.8, 4) is 0 Å². The van der Waals surface area contributed by atoms with Gasteiger partial charge in [0, 0.05) is 11.9 Å². The molecule has 0 saturated carbocycles. The average molecular weight is 429 g/mol. The molecule has 160 valence electrons. The van der Waals surface area contributed by atoms with Gasteiger partial charge in [0.15, 0.2) is 0 Å². The number of rotatable bonds is 4. The first kappa shape index (κ1) is 19.7. The Morgan fingerprint density at radius 1 is 1.26 bits per heavy atom. The fourth-order valence-corrected chi connectivity index (χ4v) is 4.66. The topological polar surface area (TPSA) is 71.5 Å². The number of nitrogens with one attached hydrogen (secondary N) is 1. The first-order valence-corrected chi connectivity index (χ1v) is 9.82. The van der Waals surface area contributed by atoms with Crippen molar-refractivity contribution in [3.05, 3.63) is 72.1 Å². The van der Waals surface area contributed by atoms with E-state index in [1.54, 1.807) is 36.5 Å². The summed E-state index contributed by atoms with van der Waals surface area (Å²) in [5, 5.41) is 2.80. The van der Waals surface area contributed by atoms with E-state index < -0.39 is 41.2 Å². The lowest BCUT2D eigenvalue weighted by atomic mass is 9.77. The van der Waals surface area contributed by atoms with Gasteiger partial charge in [-0.25, -0.2) is 0 Å². The molecule has 31 heavy (non-hydrogen) atoms. The van der Waals surface area contributed by atoms with Crippen molar-refractivity contribution in [2.45, 2.75) is 24.4 Å². The minimum absolute atomic E-state index is 0.0643. The largest absolute Gasteiger partial charge is 0.416 e. The normalized spacial score (nSPS) is 28.8. The Labute approximate surface area is 175 Å². The summed E-state index contributed by atoms with van der Waals surface area (Å²) in [5.41, 5.74) is -1.04. The van der Waals surface area contributed by atoms with Crippen LogP contribution in [0, 0.1) is 11.8 Å². The van der Waals surface area contributed by atoms with Crippen LogP contribution in [-0.4, -0.2) is 35.0 Å². The maximum absolute atomic E-state index is 13.3. The quantitative estimate of drug-likeness (QED) is 0.759. The Kier molecular flexibility index (Phi) is 4.40. The summed E-state index contributed by atoms with van der Waals surface area (Å²) in [5.74, 6) is -2.30. The lowest BCUT2D eigenvalue weighted by Crippen LogP contribution is -2.44. The zero-order chi connectivity index (χ0) is 21.8. The standard InChI is InChI=1S/C22H18F3N3O3/c23-22(24,25)13-4-3-6-15(10-13)28-12-21-8-7-16(31-21)17(18(21)20(28)30)19(29)27-11-14-5-1-2-9-26-14/h1-10,16-18H,11-12H2,(H,27,29)/t16-,17?,18?,21+/m0/s1. The summed E-state index contributed by atoms with van der Waals surface area (Å²) in [6, 6.07) is 9.97. The molecule has 2 unspecified atom stereocenters. The number of alkyl halides is 3. The van der Waals surface area contributed by atoms with Crippen LogP contribution in [0.5, 0.6) is 0 Å². The zero-order valence-corrected chi connectivity index (χ0v) is 16.2. The minimum Gasteiger partial charge on any atom is -0.360 e. The average Bonchev–Trinajstić information content (AvgIpc) is 3.40. The van der Waals surface area contributed by atoms with Crippen LogP contribution in [0.3, 0.4) is 0 Å². The van der Waals surface area contributed by atoms with E-state index >= 15 is 0 Å². The highest BCUT2D eigenvalue weighted by Crippen LogP contribution is 2.52. The maximum Gasteiger partial charge on any atom is 0.416 e. The van der Waals surface area contributed by atoms with E-state index in [-0.39, 0.29) is 24.7 Å². The van der Waals surface area contributed by atoms with Gasteiger partial charge < -0.3 is 15.0 Å². The first-order chi connectivity index (χ1) is 14.8. The van der Waals surface area contributed by atoms with Gasteiger partial charge in [-0.3, -0.25) is 14.6 Å². The molecule has 1 spiro atoms. The van der Waals surface area contributed by atoms with Crippen LogP contribution >= 0.6 is 0 Å². The van der Waals surface area contributed by atoms with Crippen LogP contribution in [0.15, 0.2) is 60.8 Å². The SMILES string of the molecule is O=C(NCc1ccccn1)C1C2C(=O)N(c3cccc(C(F)(F)F)c3)C[C@]23C=C[C@@H]1O3. The highest BCUT2D eigenvalue weighted by Gasteiger charge is 2.67. The van der Waals surface area contributed by atoms with Crippen molar-refractivity contribution in [3.63, 3.8) is 0 Å². The van der Waals surface area contributed by atoms with Crippen LogP contribution in [0.2, 0.25) is 0 Å². The number of hydrogen-bond donors (Lipinski definition) is 1. The summed E-state index contributed by atoms with van der Waals surface area (Å²) < 4.78 is 45.4. The summed E-state index contributed by atoms with van der Waals surface area (Å²) in [6.45, 7) is 0.271. The summed E-state index contributed by atoms with van der Waals surface area (Å²) in [7, 11) is 0. The number of carbonyl (C=O) groups excluding carboxylic acids is 2. The van der Waals surface area contributed by atoms with Gasteiger partial charge in [-0.15, -0.1) is 0 Å². The molecular formula is C22H18F3N3O3. The lowest BCUT2D eigenvalue weighted by Gasteiger charge is -2.23. The number of fused-ring (bicyclic) bond motifs is 1. The van der Waals surface area contributed by atoms with Crippen molar-refractivity contribution in [2.75, 3.05) is 11.4 Å². The van der Waals surface area contributed by atoms with E-state index in [4.69, 9.17) is 4.74 Å². The Bertz CT molecular complexity index is 1070. The third-order valence-electron chi connectivity index (χ3n) is 6.06. The molecule has 4 atom stereocenters. The van der Waals surface area contributed by atoms with Gasteiger partial charge in [0.1, 0.15) is 5.60 Å². The van der Waals surface area contributed by atoms with Crippen molar-refractivity contribution in [1.29, 1.82) is 0 Å². The van der Waals surface area contributed by atoms with Crippen LogP contribution in [0.25, 0.3) is 0 Å². The van der Waals surface area contributed by atoms with Crippen LogP contribution < -0.4 is 10.2 Å². The highest BCUT2D eigenvalue weighted by atomic mass is 19.4. The third-order valence-corrected chi connectivity index (χ3v) is 6.06. The molecule has 5 rings (SSSR count). The number of amides is 2. The van der Waals surface area contributed by atoms with Crippen molar-refractivity contribution in [2.24, 2.45) is 11.8 Å². The number of anilines is 1. The van der Waals surface area contributed by atoms with Gasteiger partial charge >= 0.3 is 6.18 Å². The Hall–Kier alpha value is -3.20. The molecule has 3 aliphatic heterocycles. The second-order valence-corrected chi connectivity index (χ2v) is 7.91. The Morgan fingerprint density at radius 3 is 2.84 bits per heavy atom. The minimum atomic E-state index is -4.52. The van der Waals surface area contributed by atoms with Crippen LogP contribution in [-0.2, 0) is 27.0 Å². The molecule has 2 fully saturated rings. The second kappa shape index (κ2) is 6.91. The fourth-order valence-electron chi connectivity index (χ4n) is 4.66. The lowest BCUT2D eigenvalue weighted by molar-refractivity contribution is -0.137. The number of halogens is 3. The van der Waals surface area contributed by atoms with E-state index in [1.165, 1.54) is 17.0 Å². The van der Waals surface area contributed by atoms with Crippen molar-refractivity contribution in [1.82, 2.24) is 10.3 Å². The molecule has 1 aromatic heterocycles. The van der Waals surface area contributed by atoms with E-state index in [2.05, 4.69) is 10.3 Å². The van der Waals surface area contributed by atoms with Gasteiger partial charge in [-0.2, -0.15) is 13.2 Å². The number of carbonyl (C=O) groups is 2. The van der Waals surface area contributed by atoms with E-state index in [9.17, 15) is 22.8 Å². The summed E-state index contributed by atoms with van der Waals surface area (Å²) in [4.78, 5) is 31.7. The number of hydrogen-bond acceptors (Lipinski definition) is 4. The van der Waals surface area contributed by atoms with Gasteiger partial charge in [-0.05, 0) is 30.3 Å². The van der Waals surface area contributed by atoms with Gasteiger partial charge in [-0.1, -0.05) is 24.3 Å². The summed E-state index contributed by atoms with van der Waals surface area (Å²) >= 11 is 0. The Balaban J connectivity index is 1.39. The maximum atomic E-state index is 13.3. The fraction of sp³-hybridized carbons (Fsp3) is 0.318. The van der Waals surface area contributed by atoms with E-state index in [0.717, 1.165) is 12.1 Å². The highest BCUT2D eigenvalue weighted by molar-refractivity contribution is 6.03. The number of benzene rings is 1. The number of nitrogens with zero attached hydrogens (tertiary/aromatic N) is 2. The number of pyridine rings is 1. The van der Waals surface area contributed by atoms with Crippen molar-refractivity contribution < 1.29 is 27.5 Å². The summed E-state index contributed by atoms with van der Waals surface area (Å²) in [6.07, 6.45) is 0.0745. The Morgan fingerprint density at radius 2 is 2.10 bits per heavy atom. The molecule has 0 radical (unpaired) electrons. The predicted octanol–water partition coefficient (Wildman–Crippen LogP) is 2.70. The van der Waals surface area contributed by atoms with Crippen LogP contribution in [0.1, 0.15) is 11.3 Å². The molecule has 6 nitrogen and oxygen atoms in total. The molecular weight excluding hydrogens is 411 g/mol. The monoisotopic (exact) mass is 429 g/mol. The molecule has 0 aliphatic carbocycles. The predicted molar refractivity (Wildman–Crippen MR) is 104 cm³/mol. The third kappa shape index (κ3) is 3.20. The molecule has 4 heterocycles. The van der Waals surface area contributed by atoms with E-state index in [0.29, 0.717) is 5.69 Å². The van der Waals surface area contributed by atoms with Crippen molar-refractivity contribution >= 4 is 17.5 Å². The van der Waals surface area contributed by atoms with Crippen LogP contribution in [0.4, 0.5) is 18.9 Å². The molecule has 2 aromatic rings. The molecule has 2 amide bonds. The van der Waals surface area contributed by atoms with Gasteiger partial charge in [0.05, 0.1) is 42.3 Å². The second-order valence-electron chi connectivity index (χ2n) is 7.91. The van der Waals surface area contributed by atoms with E-state index in [1.807, 2.05) is 0 Å². The zero-order valence-electron chi connectivity index (χ0n) is 16.2. The first-order valence-electron chi connectivity index (χ1n) is 9.82. The molecule has 1 aromatic carbocycles. The molecule has 2 bridgehead atoms. The van der Waals surface area contributed by atoms with Gasteiger partial charge in [0.25, 0.3) is 0 Å². The molecule has 1 N–H and O–H groups in total. The smallest absolute Gasteiger partial charge is 0.360 e. The molecule has 3 aliphatic rings. The molecule has 2 saturated heterocycles. The van der Waals surface area contributed by atoms with Gasteiger partial charge in [0.2, 0.25) is 11.8 Å². The number of ether oxygens (including phenoxy) is 1.